The van der Waals surface area contributed by atoms with Gasteiger partial charge >= 0.3 is 0 Å². The molecule has 0 saturated carbocycles. The number of nitrogens with zero attached hydrogens (tertiary/aromatic N) is 3. The van der Waals surface area contributed by atoms with Gasteiger partial charge in [0.2, 0.25) is 0 Å². The Hall–Kier alpha value is -1.47. The molecule has 0 radical (unpaired) electrons. The van der Waals surface area contributed by atoms with Crippen LogP contribution in [0.2, 0.25) is 0 Å². The van der Waals surface area contributed by atoms with E-state index < -0.39 is 6.10 Å². The molecule has 0 spiro atoms. The Kier molecular flexibility index (Phi) is 2.42. The zero-order valence-corrected chi connectivity index (χ0v) is 8.15. The average molecular weight is 212 g/mol. The van der Waals surface area contributed by atoms with Gasteiger partial charge in [0.1, 0.15) is 6.33 Å². The lowest BCUT2D eigenvalue weighted by atomic mass is 10.3. The summed E-state index contributed by atoms with van der Waals surface area (Å²) in [7, 11) is 1.53. The minimum absolute atomic E-state index is 0.373. The first kappa shape index (κ1) is 9.10. The van der Waals surface area contributed by atoms with Gasteiger partial charge in [-0.15, -0.1) is 0 Å². The first-order valence-corrected chi connectivity index (χ1v) is 4.72. The smallest absolute Gasteiger partial charge is 0.273 e. The number of aromatic nitrogens is 4. The number of H-pyrrole nitrogens is 1. The Morgan fingerprint density at radius 1 is 1.64 bits per heavy atom. The summed E-state index contributed by atoms with van der Waals surface area (Å²) in [5.74, 6) is 0.373. The molecule has 0 aliphatic heterocycles. The van der Waals surface area contributed by atoms with Crippen molar-refractivity contribution < 1.29 is 9.84 Å². The third kappa shape index (κ3) is 1.59. The van der Waals surface area contributed by atoms with Crippen LogP contribution in [-0.2, 0) is 0 Å². The van der Waals surface area contributed by atoms with Crippen molar-refractivity contribution in [3.63, 3.8) is 0 Å². The van der Waals surface area contributed by atoms with Gasteiger partial charge in [-0.2, -0.15) is 5.10 Å². The van der Waals surface area contributed by atoms with Crippen LogP contribution in [0.25, 0.3) is 0 Å². The molecule has 1 unspecified atom stereocenters. The first-order valence-electron chi connectivity index (χ1n) is 3.84. The van der Waals surface area contributed by atoms with Gasteiger partial charge in [0.15, 0.2) is 11.9 Å². The average Bonchev–Trinajstić information content (AvgIpc) is 2.88. The number of methoxy groups -OCH3 is 1. The number of hydrogen-bond donors (Lipinski definition) is 2. The lowest BCUT2D eigenvalue weighted by molar-refractivity contribution is 0.205. The molecule has 0 aliphatic rings. The molecular weight excluding hydrogens is 204 g/mol. The lowest BCUT2D eigenvalue weighted by Crippen LogP contribution is -2.02. The van der Waals surface area contributed by atoms with E-state index in [4.69, 9.17) is 4.74 Å². The lowest BCUT2D eigenvalue weighted by Gasteiger charge is -2.01. The molecule has 0 fully saturated rings. The topological polar surface area (TPSA) is 83.9 Å². The van der Waals surface area contributed by atoms with Crippen molar-refractivity contribution >= 4 is 11.3 Å². The highest BCUT2D eigenvalue weighted by Gasteiger charge is 2.16. The predicted molar refractivity (Wildman–Crippen MR) is 49.1 cm³/mol. The minimum Gasteiger partial charge on any atom is -0.473 e. The van der Waals surface area contributed by atoms with Gasteiger partial charge in [0.05, 0.1) is 12.8 Å². The van der Waals surface area contributed by atoms with Gasteiger partial charge in [-0.3, -0.25) is 5.10 Å². The second-order valence-corrected chi connectivity index (χ2v) is 3.34. The Bertz CT molecular complexity index is 399. The van der Waals surface area contributed by atoms with E-state index in [1.807, 2.05) is 0 Å². The Morgan fingerprint density at radius 3 is 3.07 bits per heavy atom. The van der Waals surface area contributed by atoms with Gasteiger partial charge in [-0.25, -0.2) is 9.97 Å². The van der Waals surface area contributed by atoms with E-state index in [0.717, 1.165) is 0 Å². The van der Waals surface area contributed by atoms with Gasteiger partial charge in [-0.1, -0.05) is 11.3 Å². The summed E-state index contributed by atoms with van der Waals surface area (Å²) >= 11 is 1.32. The summed E-state index contributed by atoms with van der Waals surface area (Å²) < 4.78 is 4.91. The molecule has 7 heteroatoms. The maximum Gasteiger partial charge on any atom is 0.273 e. The number of nitrogens with one attached hydrogen (secondary N) is 1. The first-order chi connectivity index (χ1) is 6.81. The molecule has 2 aromatic heterocycles. The van der Waals surface area contributed by atoms with E-state index in [1.165, 1.54) is 24.8 Å². The Morgan fingerprint density at radius 2 is 2.50 bits per heavy atom. The summed E-state index contributed by atoms with van der Waals surface area (Å²) in [6.45, 7) is 0. The minimum atomic E-state index is -0.877. The zero-order chi connectivity index (χ0) is 9.97. The van der Waals surface area contributed by atoms with E-state index in [9.17, 15) is 5.11 Å². The van der Waals surface area contributed by atoms with Crippen LogP contribution in [0, 0.1) is 0 Å². The predicted octanol–water partition coefficient (Wildman–Crippen LogP) is 0.352. The molecular formula is C7H8N4O2S. The standard InChI is InChI=1S/C7H8N4O2S/c1-13-7-10-4(2-14-7)5(12)6-8-3-9-11-6/h2-3,5,12H,1H3,(H,8,9,11). The molecule has 1 atom stereocenters. The molecule has 2 aromatic rings. The fraction of sp³-hybridized carbons (Fsp3) is 0.286. The summed E-state index contributed by atoms with van der Waals surface area (Å²) in [6, 6.07) is 0. The molecule has 2 rings (SSSR count). The summed E-state index contributed by atoms with van der Waals surface area (Å²) in [5, 5.41) is 18.2. The van der Waals surface area contributed by atoms with Crippen LogP contribution in [0.4, 0.5) is 0 Å². The highest BCUT2D eigenvalue weighted by molar-refractivity contribution is 7.11. The fourth-order valence-corrected chi connectivity index (χ4v) is 1.63. The van der Waals surface area contributed by atoms with Crippen molar-refractivity contribution in [1.82, 2.24) is 20.2 Å². The number of aromatic amines is 1. The number of thiazole rings is 1. The molecule has 0 amide bonds. The number of hydrogen-bond acceptors (Lipinski definition) is 6. The van der Waals surface area contributed by atoms with Crippen molar-refractivity contribution in [2.45, 2.75) is 6.10 Å². The second-order valence-electron chi connectivity index (χ2n) is 2.52. The van der Waals surface area contributed by atoms with E-state index in [-0.39, 0.29) is 0 Å². The van der Waals surface area contributed by atoms with E-state index in [1.54, 1.807) is 5.38 Å². The van der Waals surface area contributed by atoms with E-state index in [0.29, 0.717) is 16.7 Å². The number of aliphatic hydroxyl groups is 1. The molecule has 0 aliphatic carbocycles. The Labute approximate surface area is 83.6 Å². The number of ether oxygens (including phenoxy) is 1. The largest absolute Gasteiger partial charge is 0.473 e. The van der Waals surface area contributed by atoms with Gasteiger partial charge < -0.3 is 9.84 Å². The van der Waals surface area contributed by atoms with Crippen molar-refractivity contribution in [3.05, 3.63) is 23.2 Å². The number of aliphatic hydroxyl groups excluding tert-OH is 1. The van der Waals surface area contributed by atoms with Crippen LogP contribution in [0.3, 0.4) is 0 Å². The molecule has 2 heterocycles. The second kappa shape index (κ2) is 3.72. The van der Waals surface area contributed by atoms with Gasteiger partial charge in [-0.05, 0) is 0 Å². The van der Waals surface area contributed by atoms with Crippen LogP contribution < -0.4 is 4.74 Å². The molecule has 2 N–H and O–H groups in total. The zero-order valence-electron chi connectivity index (χ0n) is 7.34. The fourth-order valence-electron chi connectivity index (χ4n) is 0.975. The van der Waals surface area contributed by atoms with Crippen LogP contribution >= 0.6 is 11.3 Å². The Balaban J connectivity index is 2.23. The van der Waals surface area contributed by atoms with Crippen molar-refractivity contribution in [3.8, 4) is 5.19 Å². The normalized spacial score (nSPS) is 12.7. The SMILES string of the molecule is COc1nc(C(O)c2ncn[nH]2)cs1. The summed E-state index contributed by atoms with van der Waals surface area (Å²) in [6.07, 6.45) is 0.458. The maximum absolute atomic E-state index is 9.74. The highest BCUT2D eigenvalue weighted by atomic mass is 32.1. The molecule has 6 nitrogen and oxygen atoms in total. The molecule has 14 heavy (non-hydrogen) atoms. The van der Waals surface area contributed by atoms with Crippen LogP contribution in [0.15, 0.2) is 11.7 Å². The van der Waals surface area contributed by atoms with Gasteiger partial charge in [0, 0.05) is 5.38 Å². The monoisotopic (exact) mass is 212 g/mol. The van der Waals surface area contributed by atoms with E-state index in [2.05, 4.69) is 20.2 Å². The molecule has 0 bridgehead atoms. The molecule has 0 aromatic carbocycles. The van der Waals surface area contributed by atoms with Crippen molar-refractivity contribution in [2.24, 2.45) is 0 Å². The van der Waals surface area contributed by atoms with Crippen molar-refractivity contribution in [2.75, 3.05) is 7.11 Å². The van der Waals surface area contributed by atoms with Gasteiger partial charge in [0.25, 0.3) is 5.19 Å². The van der Waals surface area contributed by atoms with Crippen LogP contribution in [0.1, 0.15) is 17.6 Å². The third-order valence-electron chi connectivity index (χ3n) is 1.65. The molecule has 74 valence electrons. The third-order valence-corrected chi connectivity index (χ3v) is 2.47. The summed E-state index contributed by atoms with van der Waals surface area (Å²) in [4.78, 5) is 7.88. The molecule has 0 saturated heterocycles. The quantitative estimate of drug-likeness (QED) is 0.767. The highest BCUT2D eigenvalue weighted by Crippen LogP contribution is 2.24. The van der Waals surface area contributed by atoms with Crippen LogP contribution in [0.5, 0.6) is 5.19 Å². The van der Waals surface area contributed by atoms with Crippen LogP contribution in [-0.4, -0.2) is 32.4 Å². The van der Waals surface area contributed by atoms with E-state index >= 15 is 0 Å². The van der Waals surface area contributed by atoms with Crippen molar-refractivity contribution in [1.29, 1.82) is 0 Å². The summed E-state index contributed by atoms with van der Waals surface area (Å²) in [5.41, 5.74) is 0.503. The maximum atomic E-state index is 9.74. The number of rotatable bonds is 3.